The van der Waals surface area contributed by atoms with E-state index in [1.54, 1.807) is 39.0 Å². The molecular weight excluding hydrogens is 617 g/mol. The Morgan fingerprint density at radius 3 is 1.58 bits per heavy atom. The first kappa shape index (κ1) is 32.4. The minimum absolute atomic E-state index is 0.0635. The van der Waals surface area contributed by atoms with Gasteiger partial charge in [0.05, 0.1) is 9.79 Å². The smallest absolute Gasteiger partial charge is 0.298 e. The maximum atomic E-state index is 13.5. The second-order valence-electron chi connectivity index (χ2n) is 12.0. The zero-order valence-electron chi connectivity index (χ0n) is 24.3. The van der Waals surface area contributed by atoms with Gasteiger partial charge >= 0.3 is 0 Å². The molecule has 230 valence electrons. The van der Waals surface area contributed by atoms with Crippen molar-refractivity contribution < 1.29 is 43.8 Å². The largest absolute Gasteiger partial charge is 0.487 e. The molecule has 10 nitrogen and oxygen atoms in total. The number of hydrogen-bond donors (Lipinski definition) is 2. The first-order valence-corrected chi connectivity index (χ1v) is 17.3. The molecule has 4 rings (SSSR count). The minimum Gasteiger partial charge on any atom is -0.487 e. The lowest BCUT2D eigenvalue weighted by atomic mass is 9.86. The van der Waals surface area contributed by atoms with E-state index in [1.165, 1.54) is 0 Å². The summed E-state index contributed by atoms with van der Waals surface area (Å²) in [6.07, 6.45) is 0. The molecule has 0 aliphatic carbocycles. The highest BCUT2D eigenvalue weighted by atomic mass is 32.2. The average molecular weight is 649 g/mol. The summed E-state index contributed by atoms with van der Waals surface area (Å²) in [5, 5.41) is 1.74. The third-order valence-corrected chi connectivity index (χ3v) is 9.83. The molecule has 0 aliphatic rings. The van der Waals surface area contributed by atoms with Crippen LogP contribution >= 0.6 is 0 Å². The first-order chi connectivity index (χ1) is 19.6. The van der Waals surface area contributed by atoms with E-state index in [-0.39, 0.29) is 22.7 Å². The van der Waals surface area contributed by atoms with Gasteiger partial charge in [-0.2, -0.15) is 16.8 Å². The van der Waals surface area contributed by atoms with Crippen LogP contribution in [-0.2, 0) is 35.5 Å². The van der Waals surface area contributed by atoms with Gasteiger partial charge in [-0.15, -0.1) is 0 Å². The SMILES string of the molecule is CC(C)(C)Oc1ccc(S(=O)(=O)c2ccc(Oc3ccc4cc(C(C)(C)C)ccc4c3)c(S(=O)(=O)O)c2)cc1S(=O)(=O)O. The molecule has 0 aliphatic heterocycles. The minimum atomic E-state index is -4.99. The summed E-state index contributed by atoms with van der Waals surface area (Å²) in [5.74, 6) is -0.371. The van der Waals surface area contributed by atoms with Crippen molar-refractivity contribution in [3.63, 3.8) is 0 Å². The van der Waals surface area contributed by atoms with Gasteiger partial charge in [0, 0.05) is 0 Å². The van der Waals surface area contributed by atoms with Gasteiger partial charge < -0.3 is 9.47 Å². The molecular formula is C30H32O10S3. The second-order valence-corrected chi connectivity index (χ2v) is 16.7. The van der Waals surface area contributed by atoms with Crippen LogP contribution in [0.3, 0.4) is 0 Å². The molecule has 0 heterocycles. The van der Waals surface area contributed by atoms with Crippen LogP contribution < -0.4 is 9.47 Å². The molecule has 0 bridgehead atoms. The summed E-state index contributed by atoms with van der Waals surface area (Å²) in [6.45, 7) is 11.2. The molecule has 0 radical (unpaired) electrons. The number of ether oxygens (including phenoxy) is 2. The van der Waals surface area contributed by atoms with Gasteiger partial charge in [-0.3, -0.25) is 9.11 Å². The molecule has 13 heteroatoms. The van der Waals surface area contributed by atoms with Gasteiger partial charge in [0.25, 0.3) is 20.2 Å². The highest BCUT2D eigenvalue weighted by molar-refractivity contribution is 7.91. The van der Waals surface area contributed by atoms with Gasteiger partial charge in [-0.25, -0.2) is 8.42 Å². The monoisotopic (exact) mass is 648 g/mol. The van der Waals surface area contributed by atoms with E-state index in [0.717, 1.165) is 40.6 Å². The molecule has 0 saturated heterocycles. The fraction of sp³-hybridized carbons (Fsp3) is 0.267. The predicted molar refractivity (Wildman–Crippen MR) is 161 cm³/mol. The lowest BCUT2D eigenvalue weighted by Crippen LogP contribution is -2.24. The maximum absolute atomic E-state index is 13.5. The Balaban J connectivity index is 1.76. The van der Waals surface area contributed by atoms with E-state index in [2.05, 4.69) is 20.8 Å². The topological polar surface area (TPSA) is 161 Å². The van der Waals surface area contributed by atoms with Crippen LogP contribution in [0.2, 0.25) is 0 Å². The molecule has 0 atom stereocenters. The number of benzene rings is 4. The fourth-order valence-corrected chi connectivity index (χ4v) is 6.97. The van der Waals surface area contributed by atoms with Crippen LogP contribution in [-0.4, -0.2) is 40.0 Å². The van der Waals surface area contributed by atoms with E-state index in [0.29, 0.717) is 12.1 Å². The summed E-state index contributed by atoms with van der Waals surface area (Å²) in [5.41, 5.74) is 0.186. The van der Waals surface area contributed by atoms with Crippen LogP contribution in [0.15, 0.2) is 92.4 Å². The molecule has 0 aromatic heterocycles. The van der Waals surface area contributed by atoms with Crippen LogP contribution in [0.1, 0.15) is 47.1 Å². The molecule has 0 spiro atoms. The van der Waals surface area contributed by atoms with Crippen molar-refractivity contribution in [2.45, 2.75) is 72.1 Å². The van der Waals surface area contributed by atoms with Crippen LogP contribution in [0.4, 0.5) is 0 Å². The standard InChI is InChI=1S/C30H32O10S3/c1-29(2,3)21-9-7-20-16-22(10-8-19(20)15-21)39-25-13-11-23(17-27(25)42(33,34)35)41(31,32)24-12-14-26(40-30(4,5)6)28(18-24)43(36,37)38/h7-18H,1-6H3,(H,33,34,35)(H,36,37,38). The van der Waals surface area contributed by atoms with Crippen molar-refractivity contribution in [1.82, 2.24) is 0 Å². The Morgan fingerprint density at radius 2 is 1.07 bits per heavy atom. The first-order valence-electron chi connectivity index (χ1n) is 13.0. The number of sulfone groups is 1. The van der Waals surface area contributed by atoms with E-state index in [9.17, 15) is 34.4 Å². The summed E-state index contributed by atoms with van der Waals surface area (Å²) in [7, 11) is -14.5. The summed E-state index contributed by atoms with van der Waals surface area (Å²) >= 11 is 0. The van der Waals surface area contributed by atoms with Crippen molar-refractivity contribution in [1.29, 1.82) is 0 Å². The van der Waals surface area contributed by atoms with Gasteiger partial charge in [-0.05, 0) is 91.1 Å². The number of rotatable bonds is 7. The Morgan fingerprint density at radius 1 is 0.581 bits per heavy atom. The number of fused-ring (bicyclic) bond motifs is 1. The van der Waals surface area contributed by atoms with Gasteiger partial charge in [0.15, 0.2) is 0 Å². The van der Waals surface area contributed by atoms with Gasteiger partial charge in [0.1, 0.15) is 32.6 Å². The molecule has 0 fully saturated rings. The van der Waals surface area contributed by atoms with E-state index >= 15 is 0 Å². The molecule has 0 saturated carbocycles. The zero-order chi connectivity index (χ0) is 32.2. The Bertz CT molecular complexity index is 2050. The van der Waals surface area contributed by atoms with E-state index in [1.807, 2.05) is 18.2 Å². The van der Waals surface area contributed by atoms with Crippen LogP contribution in [0.25, 0.3) is 10.8 Å². The normalized spacial score (nSPS) is 13.2. The van der Waals surface area contributed by atoms with E-state index in [4.69, 9.17) is 9.47 Å². The van der Waals surface area contributed by atoms with Crippen molar-refractivity contribution >= 4 is 40.8 Å². The molecule has 2 N–H and O–H groups in total. The molecule has 43 heavy (non-hydrogen) atoms. The van der Waals surface area contributed by atoms with Crippen LogP contribution in [0.5, 0.6) is 17.2 Å². The third kappa shape index (κ3) is 7.36. The van der Waals surface area contributed by atoms with Crippen molar-refractivity contribution in [3.8, 4) is 17.2 Å². The second kappa shape index (κ2) is 10.9. The molecule has 0 amide bonds. The molecule has 4 aromatic rings. The summed E-state index contributed by atoms with van der Waals surface area (Å²) < 4.78 is 107. The zero-order valence-corrected chi connectivity index (χ0v) is 26.8. The van der Waals surface area contributed by atoms with Gasteiger partial charge in [-0.1, -0.05) is 45.0 Å². The highest BCUT2D eigenvalue weighted by Gasteiger charge is 2.28. The fourth-order valence-electron chi connectivity index (χ4n) is 4.23. The highest BCUT2D eigenvalue weighted by Crippen LogP contribution is 2.36. The number of hydrogen-bond acceptors (Lipinski definition) is 8. The average Bonchev–Trinajstić information content (AvgIpc) is 2.86. The Kier molecular flexibility index (Phi) is 8.22. The Hall–Kier alpha value is -3.49. The van der Waals surface area contributed by atoms with Crippen molar-refractivity contribution in [2.75, 3.05) is 0 Å². The van der Waals surface area contributed by atoms with Gasteiger partial charge in [0.2, 0.25) is 9.84 Å². The quantitative estimate of drug-likeness (QED) is 0.214. The molecule has 0 unspecified atom stereocenters. The molecule has 4 aromatic carbocycles. The predicted octanol–water partition coefficient (Wildman–Crippen LogP) is 6.43. The van der Waals surface area contributed by atoms with Crippen LogP contribution in [0, 0.1) is 0 Å². The third-order valence-electron chi connectivity index (χ3n) is 6.33. The lowest BCUT2D eigenvalue weighted by Gasteiger charge is -2.23. The maximum Gasteiger partial charge on any atom is 0.298 e. The summed E-state index contributed by atoms with van der Waals surface area (Å²) in [4.78, 5) is -2.75. The Labute approximate surface area is 251 Å². The van der Waals surface area contributed by atoms with E-state index < -0.39 is 55.3 Å². The summed E-state index contributed by atoms with van der Waals surface area (Å²) in [6, 6.07) is 16.7. The lowest BCUT2D eigenvalue weighted by molar-refractivity contribution is 0.126. The van der Waals surface area contributed by atoms with Crippen molar-refractivity contribution in [2.24, 2.45) is 0 Å². The van der Waals surface area contributed by atoms with Crippen molar-refractivity contribution in [3.05, 3.63) is 78.4 Å².